The molecule has 0 radical (unpaired) electrons. The number of ether oxygens (including phenoxy) is 2. The molecule has 0 aliphatic heterocycles. The van der Waals surface area contributed by atoms with Crippen molar-refractivity contribution in [1.29, 1.82) is 0 Å². The Morgan fingerprint density at radius 1 is 1.17 bits per heavy atom. The largest absolute Gasteiger partial charge is 0.497 e. The summed E-state index contributed by atoms with van der Waals surface area (Å²) in [7, 11) is 6.26. The first-order chi connectivity index (χ1) is 16.6. The van der Waals surface area contributed by atoms with E-state index in [1.807, 2.05) is 42.8 Å². The summed E-state index contributed by atoms with van der Waals surface area (Å²) in [5.41, 5.74) is 4.32. The van der Waals surface area contributed by atoms with Gasteiger partial charge in [-0.2, -0.15) is 5.10 Å². The summed E-state index contributed by atoms with van der Waals surface area (Å²) >= 11 is 6.71. The maximum Gasteiger partial charge on any atom is 0.341 e. The fourth-order valence-electron chi connectivity index (χ4n) is 3.58. The monoisotopic (exact) mass is 515 g/mol. The van der Waals surface area contributed by atoms with Gasteiger partial charge in [0.1, 0.15) is 10.8 Å². The van der Waals surface area contributed by atoms with Crippen molar-refractivity contribution < 1.29 is 19.1 Å². The molecule has 1 amide bonds. The van der Waals surface area contributed by atoms with Gasteiger partial charge < -0.3 is 25.0 Å². The molecule has 186 valence electrons. The fourth-order valence-corrected chi connectivity index (χ4v) is 5.07. The summed E-state index contributed by atoms with van der Waals surface area (Å²) in [6, 6.07) is 7.82. The number of amides is 1. The average molecular weight is 516 g/mol. The van der Waals surface area contributed by atoms with E-state index in [0.717, 1.165) is 39.7 Å². The standard InChI is InChI=1S/C24H29N5O4S2/c1-13-18(23(31)33-7)21(35-20(13)22(30)28(4)5)26-24(34)25-19-14(2)27-29(15(19)3)12-16-9-8-10-17(11-16)32-6/h8-11H,12H2,1-7H3,(H2,25,26,34). The van der Waals surface area contributed by atoms with Crippen molar-refractivity contribution in [3.05, 3.63) is 57.2 Å². The van der Waals surface area contributed by atoms with Crippen LogP contribution in [-0.4, -0.2) is 60.0 Å². The first-order valence-corrected chi connectivity index (χ1v) is 12.0. The van der Waals surface area contributed by atoms with Crippen molar-refractivity contribution in [2.75, 3.05) is 38.9 Å². The minimum absolute atomic E-state index is 0.199. The Labute approximate surface area is 214 Å². The Bertz CT molecular complexity index is 1280. The Morgan fingerprint density at radius 2 is 1.89 bits per heavy atom. The van der Waals surface area contributed by atoms with Crippen LogP contribution in [0.4, 0.5) is 10.7 Å². The van der Waals surface area contributed by atoms with Crippen LogP contribution in [0.2, 0.25) is 0 Å². The molecular weight excluding hydrogens is 486 g/mol. The molecule has 0 spiro atoms. The van der Waals surface area contributed by atoms with Gasteiger partial charge in [-0.15, -0.1) is 11.3 Å². The molecule has 1 aromatic carbocycles. The summed E-state index contributed by atoms with van der Waals surface area (Å²) in [6.07, 6.45) is 0. The molecule has 0 fully saturated rings. The predicted octanol–water partition coefficient (Wildman–Crippen LogP) is 4.22. The van der Waals surface area contributed by atoms with E-state index in [0.29, 0.717) is 22.0 Å². The lowest BCUT2D eigenvalue weighted by atomic mass is 10.1. The molecule has 3 rings (SSSR count). The van der Waals surface area contributed by atoms with E-state index >= 15 is 0 Å². The molecule has 2 N–H and O–H groups in total. The first kappa shape index (κ1) is 26.2. The number of aromatic nitrogens is 2. The van der Waals surface area contributed by atoms with Gasteiger partial charge in [-0.3, -0.25) is 9.48 Å². The molecule has 2 aromatic heterocycles. The Morgan fingerprint density at radius 3 is 2.51 bits per heavy atom. The van der Waals surface area contributed by atoms with Crippen LogP contribution in [0.5, 0.6) is 5.75 Å². The topological polar surface area (TPSA) is 97.7 Å². The molecule has 0 unspecified atom stereocenters. The fraction of sp³-hybridized carbons (Fsp3) is 0.333. The summed E-state index contributed by atoms with van der Waals surface area (Å²) < 4.78 is 12.1. The van der Waals surface area contributed by atoms with Gasteiger partial charge in [-0.05, 0) is 56.2 Å². The number of anilines is 2. The third kappa shape index (κ3) is 5.63. The molecule has 0 aliphatic carbocycles. The van der Waals surface area contributed by atoms with E-state index in [4.69, 9.17) is 21.7 Å². The highest BCUT2D eigenvalue weighted by Crippen LogP contribution is 2.34. The summed E-state index contributed by atoms with van der Waals surface area (Å²) in [5.74, 6) is 0.0444. The second kappa shape index (κ2) is 10.9. The summed E-state index contributed by atoms with van der Waals surface area (Å²) in [4.78, 5) is 27.0. The van der Waals surface area contributed by atoms with Crippen LogP contribution in [0.25, 0.3) is 0 Å². The number of esters is 1. The van der Waals surface area contributed by atoms with Gasteiger partial charge in [0.15, 0.2) is 5.11 Å². The summed E-state index contributed by atoms with van der Waals surface area (Å²) in [5, 5.41) is 11.6. The molecule has 0 aliphatic rings. The molecule has 35 heavy (non-hydrogen) atoms. The number of methoxy groups -OCH3 is 2. The van der Waals surface area contributed by atoms with E-state index in [-0.39, 0.29) is 16.6 Å². The van der Waals surface area contributed by atoms with Gasteiger partial charge >= 0.3 is 5.97 Å². The van der Waals surface area contributed by atoms with Crippen LogP contribution in [0, 0.1) is 20.8 Å². The Hall–Kier alpha value is -3.44. The third-order valence-corrected chi connectivity index (χ3v) is 6.85. The lowest BCUT2D eigenvalue weighted by Crippen LogP contribution is -2.21. The van der Waals surface area contributed by atoms with Gasteiger partial charge in [0, 0.05) is 14.1 Å². The molecular formula is C24H29N5O4S2. The van der Waals surface area contributed by atoms with Crippen LogP contribution in [-0.2, 0) is 11.3 Å². The molecule has 3 aromatic rings. The van der Waals surface area contributed by atoms with Crippen molar-refractivity contribution >= 4 is 51.2 Å². The number of aryl methyl sites for hydroxylation is 1. The van der Waals surface area contributed by atoms with E-state index in [9.17, 15) is 9.59 Å². The van der Waals surface area contributed by atoms with Crippen LogP contribution < -0.4 is 15.4 Å². The Kier molecular flexibility index (Phi) is 8.13. The maximum atomic E-state index is 12.6. The smallest absolute Gasteiger partial charge is 0.341 e. The SMILES string of the molecule is COC(=O)c1c(NC(=S)Nc2c(C)nn(Cc3cccc(OC)c3)c2C)sc(C(=O)N(C)C)c1C. The molecule has 0 saturated carbocycles. The number of hydrogen-bond donors (Lipinski definition) is 2. The maximum absolute atomic E-state index is 12.6. The molecule has 0 bridgehead atoms. The third-order valence-electron chi connectivity index (χ3n) is 5.45. The second-order valence-electron chi connectivity index (χ2n) is 8.09. The number of thiophene rings is 1. The predicted molar refractivity (Wildman–Crippen MR) is 142 cm³/mol. The zero-order chi connectivity index (χ0) is 25.9. The summed E-state index contributed by atoms with van der Waals surface area (Å²) in [6.45, 7) is 6.13. The lowest BCUT2D eigenvalue weighted by Gasteiger charge is -2.11. The number of thiocarbonyl (C=S) groups is 1. The van der Waals surface area contributed by atoms with E-state index in [2.05, 4.69) is 15.7 Å². The number of benzene rings is 1. The van der Waals surface area contributed by atoms with Crippen molar-refractivity contribution in [3.8, 4) is 5.75 Å². The van der Waals surface area contributed by atoms with E-state index in [1.165, 1.54) is 12.0 Å². The average Bonchev–Trinajstić information content (AvgIpc) is 3.28. The molecule has 9 nitrogen and oxygen atoms in total. The van der Waals surface area contributed by atoms with Gasteiger partial charge in [0.25, 0.3) is 5.91 Å². The number of nitrogens with zero attached hydrogens (tertiary/aromatic N) is 3. The first-order valence-electron chi connectivity index (χ1n) is 10.8. The number of nitrogens with one attached hydrogen (secondary N) is 2. The molecule has 0 saturated heterocycles. The second-order valence-corrected chi connectivity index (χ2v) is 9.51. The van der Waals surface area contributed by atoms with Crippen LogP contribution in [0.3, 0.4) is 0 Å². The number of rotatable bonds is 7. The van der Waals surface area contributed by atoms with E-state index in [1.54, 1.807) is 28.1 Å². The van der Waals surface area contributed by atoms with Gasteiger partial charge in [0.2, 0.25) is 0 Å². The molecule has 0 atom stereocenters. The van der Waals surface area contributed by atoms with Crippen LogP contribution in [0.15, 0.2) is 24.3 Å². The van der Waals surface area contributed by atoms with Crippen molar-refractivity contribution in [3.63, 3.8) is 0 Å². The molecule has 11 heteroatoms. The quantitative estimate of drug-likeness (QED) is 0.357. The van der Waals surface area contributed by atoms with Gasteiger partial charge in [-0.1, -0.05) is 12.1 Å². The zero-order valence-corrected chi connectivity index (χ0v) is 22.4. The Balaban J connectivity index is 1.84. The van der Waals surface area contributed by atoms with Crippen molar-refractivity contribution in [2.45, 2.75) is 27.3 Å². The minimum atomic E-state index is -0.541. The van der Waals surface area contributed by atoms with E-state index < -0.39 is 5.97 Å². The highest BCUT2D eigenvalue weighted by atomic mass is 32.1. The highest BCUT2D eigenvalue weighted by molar-refractivity contribution is 7.80. The number of carbonyl (C=O) groups is 2. The minimum Gasteiger partial charge on any atom is -0.497 e. The van der Waals surface area contributed by atoms with Crippen LogP contribution >= 0.6 is 23.6 Å². The van der Waals surface area contributed by atoms with Crippen molar-refractivity contribution in [2.24, 2.45) is 0 Å². The normalized spacial score (nSPS) is 10.6. The van der Waals surface area contributed by atoms with Crippen molar-refractivity contribution in [1.82, 2.24) is 14.7 Å². The zero-order valence-electron chi connectivity index (χ0n) is 20.8. The number of carbonyl (C=O) groups excluding carboxylic acids is 2. The molecule has 2 heterocycles. The van der Waals surface area contributed by atoms with Crippen LogP contribution in [0.1, 0.15) is 42.5 Å². The lowest BCUT2D eigenvalue weighted by molar-refractivity contribution is 0.0601. The van der Waals surface area contributed by atoms with Gasteiger partial charge in [0.05, 0.1) is 48.3 Å². The highest BCUT2D eigenvalue weighted by Gasteiger charge is 2.27. The number of hydrogen-bond acceptors (Lipinski definition) is 7. The van der Waals surface area contributed by atoms with Gasteiger partial charge in [-0.25, -0.2) is 4.79 Å².